The summed E-state index contributed by atoms with van der Waals surface area (Å²) in [4.78, 5) is 21.8. The molecule has 8 nitrogen and oxygen atoms in total. The second-order valence-electron chi connectivity index (χ2n) is 8.31. The molecule has 0 aliphatic carbocycles. The van der Waals surface area contributed by atoms with Crippen LogP contribution in [-0.4, -0.2) is 65.2 Å². The molecule has 1 fully saturated rings. The van der Waals surface area contributed by atoms with Gasteiger partial charge < -0.3 is 18.9 Å². The number of halogens is 1. The fourth-order valence-electron chi connectivity index (χ4n) is 4.11. The molecule has 0 radical (unpaired) electrons. The zero-order valence-corrected chi connectivity index (χ0v) is 19.3. The molecule has 2 aliphatic rings. The van der Waals surface area contributed by atoms with Crippen LogP contribution < -0.4 is 9.47 Å². The van der Waals surface area contributed by atoms with E-state index in [0.29, 0.717) is 73.2 Å². The molecule has 33 heavy (non-hydrogen) atoms. The molecule has 0 bridgehead atoms. The number of ether oxygens (including phenoxy) is 2. The second kappa shape index (κ2) is 9.03. The Hall–Kier alpha value is -3.10. The molecule has 1 amide bonds. The van der Waals surface area contributed by atoms with E-state index < -0.39 is 0 Å². The molecule has 0 N–H and O–H groups in total. The number of rotatable bonds is 4. The number of amides is 1. The zero-order chi connectivity index (χ0) is 22.9. The summed E-state index contributed by atoms with van der Waals surface area (Å²) in [7, 11) is 0. The van der Waals surface area contributed by atoms with E-state index in [2.05, 4.69) is 15.0 Å². The third-order valence-electron chi connectivity index (χ3n) is 6.10. The third-order valence-corrected chi connectivity index (χ3v) is 6.38. The number of aromatic nitrogens is 2. The van der Waals surface area contributed by atoms with Crippen LogP contribution in [0.1, 0.15) is 34.8 Å². The first-order chi connectivity index (χ1) is 16.0. The van der Waals surface area contributed by atoms with E-state index in [1.54, 1.807) is 12.1 Å². The number of nitrogens with zero attached hydrogens (tertiary/aromatic N) is 4. The van der Waals surface area contributed by atoms with Crippen molar-refractivity contribution in [3.63, 3.8) is 0 Å². The number of hydrogen-bond acceptors (Lipinski definition) is 7. The van der Waals surface area contributed by atoms with Crippen molar-refractivity contribution in [2.75, 3.05) is 39.4 Å². The fourth-order valence-corrected chi connectivity index (χ4v) is 4.38. The first-order valence-electron chi connectivity index (χ1n) is 11.0. The third kappa shape index (κ3) is 4.41. The number of benzene rings is 2. The highest BCUT2D eigenvalue weighted by Gasteiger charge is 2.29. The number of piperazine rings is 1. The van der Waals surface area contributed by atoms with Crippen molar-refractivity contribution in [2.45, 2.75) is 19.9 Å². The lowest BCUT2D eigenvalue weighted by molar-refractivity contribution is 0.0551. The van der Waals surface area contributed by atoms with Crippen molar-refractivity contribution in [1.82, 2.24) is 19.9 Å². The SMILES string of the molecule is Cc1ccc(-c2noc(C(C)N3CCN(C(=O)c4cc(Cl)c5c(c4)OCCO5)CC3)n2)cc1. The van der Waals surface area contributed by atoms with Gasteiger partial charge in [0.1, 0.15) is 13.2 Å². The lowest BCUT2D eigenvalue weighted by Crippen LogP contribution is -2.49. The molecule has 0 saturated carbocycles. The van der Waals surface area contributed by atoms with Gasteiger partial charge in [0.15, 0.2) is 11.5 Å². The van der Waals surface area contributed by atoms with Gasteiger partial charge in [0.25, 0.3) is 5.91 Å². The topological polar surface area (TPSA) is 80.9 Å². The summed E-state index contributed by atoms with van der Waals surface area (Å²) in [5, 5.41) is 4.54. The Morgan fingerprint density at radius 2 is 1.79 bits per heavy atom. The summed E-state index contributed by atoms with van der Waals surface area (Å²) in [5.74, 6) is 2.11. The summed E-state index contributed by atoms with van der Waals surface area (Å²) < 4.78 is 16.7. The molecule has 5 rings (SSSR count). The molecule has 1 atom stereocenters. The van der Waals surface area contributed by atoms with Crippen LogP contribution in [0.25, 0.3) is 11.4 Å². The van der Waals surface area contributed by atoms with Crippen molar-refractivity contribution in [2.24, 2.45) is 0 Å². The Balaban J connectivity index is 1.22. The number of carbonyl (C=O) groups excluding carboxylic acids is 1. The maximum atomic E-state index is 13.1. The lowest BCUT2D eigenvalue weighted by Gasteiger charge is -2.37. The fraction of sp³-hybridized carbons (Fsp3) is 0.375. The summed E-state index contributed by atoms with van der Waals surface area (Å²) in [6.45, 7) is 7.57. The van der Waals surface area contributed by atoms with Gasteiger partial charge in [-0.15, -0.1) is 0 Å². The first-order valence-corrected chi connectivity index (χ1v) is 11.4. The Morgan fingerprint density at radius 1 is 1.06 bits per heavy atom. The van der Waals surface area contributed by atoms with Gasteiger partial charge in [-0.1, -0.05) is 46.6 Å². The average molecular weight is 469 g/mol. The average Bonchev–Trinajstić information content (AvgIpc) is 3.34. The van der Waals surface area contributed by atoms with E-state index in [0.717, 1.165) is 5.56 Å². The maximum absolute atomic E-state index is 13.1. The van der Waals surface area contributed by atoms with Crippen LogP contribution >= 0.6 is 11.6 Å². The monoisotopic (exact) mass is 468 g/mol. The van der Waals surface area contributed by atoms with Gasteiger partial charge in [-0.2, -0.15) is 4.98 Å². The zero-order valence-electron chi connectivity index (χ0n) is 18.6. The Bertz CT molecular complexity index is 1160. The maximum Gasteiger partial charge on any atom is 0.254 e. The van der Waals surface area contributed by atoms with E-state index in [1.807, 2.05) is 43.0 Å². The molecule has 1 aromatic heterocycles. The molecule has 1 unspecified atom stereocenters. The summed E-state index contributed by atoms with van der Waals surface area (Å²) in [6.07, 6.45) is 0. The van der Waals surface area contributed by atoms with Crippen molar-refractivity contribution < 1.29 is 18.8 Å². The van der Waals surface area contributed by atoms with Crippen LogP contribution in [0.2, 0.25) is 5.02 Å². The second-order valence-corrected chi connectivity index (χ2v) is 8.72. The minimum atomic E-state index is -0.0689. The van der Waals surface area contributed by atoms with Crippen molar-refractivity contribution >= 4 is 17.5 Å². The van der Waals surface area contributed by atoms with Gasteiger partial charge in [0, 0.05) is 37.3 Å². The van der Waals surface area contributed by atoms with Crippen LogP contribution in [0.4, 0.5) is 0 Å². The molecule has 3 aromatic rings. The van der Waals surface area contributed by atoms with Crippen molar-refractivity contribution in [3.8, 4) is 22.9 Å². The van der Waals surface area contributed by atoms with Crippen LogP contribution in [0.5, 0.6) is 11.5 Å². The molecule has 0 spiro atoms. The highest BCUT2D eigenvalue weighted by molar-refractivity contribution is 6.32. The van der Waals surface area contributed by atoms with Crippen LogP contribution in [-0.2, 0) is 0 Å². The highest BCUT2D eigenvalue weighted by Crippen LogP contribution is 2.38. The van der Waals surface area contributed by atoms with Crippen LogP contribution in [0.15, 0.2) is 40.9 Å². The van der Waals surface area contributed by atoms with Gasteiger partial charge in [-0.05, 0) is 26.0 Å². The predicted octanol–water partition coefficient (Wildman–Crippen LogP) is 3.99. The predicted molar refractivity (Wildman–Crippen MR) is 123 cm³/mol. The number of fused-ring (bicyclic) bond motifs is 1. The highest BCUT2D eigenvalue weighted by atomic mass is 35.5. The Labute approximate surface area is 197 Å². The number of carbonyl (C=O) groups is 1. The normalized spacial score (nSPS) is 17.1. The van der Waals surface area contributed by atoms with Gasteiger partial charge in [0.05, 0.1) is 11.1 Å². The summed E-state index contributed by atoms with van der Waals surface area (Å²) >= 11 is 6.31. The number of hydrogen-bond donors (Lipinski definition) is 0. The van der Waals surface area contributed by atoms with Crippen LogP contribution in [0, 0.1) is 6.92 Å². The molecule has 2 aromatic carbocycles. The van der Waals surface area contributed by atoms with Gasteiger partial charge in [-0.3, -0.25) is 9.69 Å². The van der Waals surface area contributed by atoms with Gasteiger partial charge >= 0.3 is 0 Å². The van der Waals surface area contributed by atoms with Crippen molar-refractivity contribution in [3.05, 3.63) is 58.4 Å². The Kier molecular flexibility index (Phi) is 5.95. The summed E-state index contributed by atoms with van der Waals surface area (Å²) in [5.41, 5.74) is 2.61. The minimum absolute atomic E-state index is 0.0438. The van der Waals surface area contributed by atoms with E-state index in [1.165, 1.54) is 5.56 Å². The smallest absolute Gasteiger partial charge is 0.254 e. The van der Waals surface area contributed by atoms with E-state index >= 15 is 0 Å². The Morgan fingerprint density at radius 3 is 2.55 bits per heavy atom. The number of aryl methyl sites for hydroxylation is 1. The van der Waals surface area contributed by atoms with E-state index in [4.69, 9.17) is 25.6 Å². The molecule has 2 aliphatic heterocycles. The molecule has 1 saturated heterocycles. The molecule has 3 heterocycles. The van der Waals surface area contributed by atoms with E-state index in [-0.39, 0.29) is 11.9 Å². The van der Waals surface area contributed by atoms with Gasteiger partial charge in [-0.25, -0.2) is 0 Å². The molecule has 172 valence electrons. The first kappa shape index (κ1) is 21.7. The standard InChI is InChI=1S/C24H25ClN4O4/c1-15-3-5-17(6-4-15)22-26-23(33-27-22)16(2)28-7-9-29(10-8-28)24(30)18-13-19(25)21-20(14-18)31-11-12-32-21/h3-6,13-14,16H,7-12H2,1-2H3. The molecular formula is C24H25ClN4O4. The summed E-state index contributed by atoms with van der Waals surface area (Å²) in [6, 6.07) is 11.4. The molecular weight excluding hydrogens is 444 g/mol. The van der Waals surface area contributed by atoms with Crippen molar-refractivity contribution in [1.29, 1.82) is 0 Å². The van der Waals surface area contributed by atoms with Gasteiger partial charge in [0.2, 0.25) is 11.7 Å². The largest absolute Gasteiger partial charge is 0.486 e. The van der Waals surface area contributed by atoms with E-state index in [9.17, 15) is 4.79 Å². The minimum Gasteiger partial charge on any atom is -0.486 e. The molecule has 9 heteroatoms. The quantitative estimate of drug-likeness (QED) is 0.572. The van der Waals surface area contributed by atoms with Crippen LogP contribution in [0.3, 0.4) is 0 Å². The lowest BCUT2D eigenvalue weighted by atomic mass is 10.1.